The molecule has 96 valence electrons. The third-order valence-corrected chi connectivity index (χ3v) is 2.54. The lowest BCUT2D eigenvalue weighted by atomic mass is 10.2. The molecule has 0 radical (unpaired) electrons. The molecule has 2 rings (SSSR count). The van der Waals surface area contributed by atoms with E-state index >= 15 is 0 Å². The smallest absolute Gasteiger partial charge is 0.338 e. The van der Waals surface area contributed by atoms with E-state index in [1.165, 1.54) is 6.07 Å². The molecule has 0 spiro atoms. The zero-order chi connectivity index (χ0) is 13.1. The lowest BCUT2D eigenvalue weighted by molar-refractivity contribution is 0.0692. The second-order valence-corrected chi connectivity index (χ2v) is 3.78. The number of carboxylic acid groups (broad SMARTS) is 1. The number of hydrogen-bond donors (Lipinski definition) is 2. The van der Waals surface area contributed by atoms with Crippen LogP contribution in [-0.4, -0.2) is 34.3 Å². The van der Waals surface area contributed by atoms with E-state index in [4.69, 9.17) is 9.84 Å². The van der Waals surface area contributed by atoms with Gasteiger partial charge in [-0.3, -0.25) is 0 Å². The number of nitrogens with zero attached hydrogens (tertiary/aromatic N) is 1. The van der Waals surface area contributed by atoms with Crippen molar-refractivity contribution in [1.29, 1.82) is 0 Å². The maximum Gasteiger partial charge on any atom is 0.338 e. The molecule has 2 aromatic rings. The van der Waals surface area contributed by atoms with Gasteiger partial charge in [0, 0.05) is 19.1 Å². The minimum absolute atomic E-state index is 0.370. The molecule has 1 aromatic heterocycles. The Labute approximate surface area is 103 Å². The van der Waals surface area contributed by atoms with Gasteiger partial charge in [0.1, 0.15) is 11.6 Å². The first-order chi connectivity index (χ1) is 8.61. The van der Waals surface area contributed by atoms with Crippen LogP contribution in [0.4, 0.5) is 4.39 Å². The fraction of sp³-hybridized carbons (Fsp3) is 0.333. The highest BCUT2D eigenvalue weighted by Crippen LogP contribution is 2.17. The fourth-order valence-corrected chi connectivity index (χ4v) is 1.68. The molecule has 1 aromatic carbocycles. The van der Waals surface area contributed by atoms with Gasteiger partial charge in [-0.15, -0.1) is 0 Å². The van der Waals surface area contributed by atoms with E-state index in [9.17, 15) is 9.18 Å². The van der Waals surface area contributed by atoms with E-state index in [0.717, 1.165) is 6.07 Å². The standard InChI is InChI=1S/C12H13FN2O3/c1-2-18-4-3-11-14-9-5-7(12(16)17)8(13)6-10(9)15-11/h5-6H,2-4H2,1H3,(H,14,15)(H,16,17). The van der Waals surface area contributed by atoms with Crippen molar-refractivity contribution in [3.8, 4) is 0 Å². The van der Waals surface area contributed by atoms with Crippen LogP contribution in [0, 0.1) is 5.82 Å². The van der Waals surface area contributed by atoms with Crippen molar-refractivity contribution in [2.75, 3.05) is 13.2 Å². The normalized spacial score (nSPS) is 11.0. The second kappa shape index (κ2) is 5.14. The number of carbonyl (C=O) groups is 1. The first-order valence-electron chi connectivity index (χ1n) is 5.61. The first-order valence-corrected chi connectivity index (χ1v) is 5.61. The number of fused-ring (bicyclic) bond motifs is 1. The number of benzene rings is 1. The van der Waals surface area contributed by atoms with Gasteiger partial charge in [-0.1, -0.05) is 0 Å². The van der Waals surface area contributed by atoms with Gasteiger partial charge in [0.2, 0.25) is 0 Å². The summed E-state index contributed by atoms with van der Waals surface area (Å²) in [6.07, 6.45) is 0.576. The minimum Gasteiger partial charge on any atom is -0.478 e. The van der Waals surface area contributed by atoms with Crippen molar-refractivity contribution in [3.05, 3.63) is 29.3 Å². The molecular weight excluding hydrogens is 239 g/mol. The van der Waals surface area contributed by atoms with Gasteiger partial charge in [-0.25, -0.2) is 14.2 Å². The van der Waals surface area contributed by atoms with Gasteiger partial charge in [0.05, 0.1) is 23.2 Å². The molecule has 5 nitrogen and oxygen atoms in total. The van der Waals surface area contributed by atoms with Crippen LogP contribution in [0.3, 0.4) is 0 Å². The Balaban J connectivity index is 2.30. The lowest BCUT2D eigenvalue weighted by Crippen LogP contribution is -1.99. The zero-order valence-electron chi connectivity index (χ0n) is 9.86. The predicted molar refractivity (Wildman–Crippen MR) is 63.2 cm³/mol. The van der Waals surface area contributed by atoms with Crippen molar-refractivity contribution < 1.29 is 19.0 Å². The van der Waals surface area contributed by atoms with Gasteiger partial charge < -0.3 is 14.8 Å². The SMILES string of the molecule is CCOCCc1nc2cc(C(=O)O)c(F)cc2[nH]1. The van der Waals surface area contributed by atoms with Crippen molar-refractivity contribution in [2.45, 2.75) is 13.3 Å². The highest BCUT2D eigenvalue weighted by Gasteiger charge is 2.13. The molecule has 1 heterocycles. The van der Waals surface area contributed by atoms with E-state index in [1.807, 2.05) is 6.92 Å². The Bertz CT molecular complexity index is 580. The van der Waals surface area contributed by atoms with E-state index in [-0.39, 0.29) is 5.56 Å². The Morgan fingerprint density at radius 1 is 1.56 bits per heavy atom. The highest BCUT2D eigenvalue weighted by atomic mass is 19.1. The molecule has 18 heavy (non-hydrogen) atoms. The molecule has 2 N–H and O–H groups in total. The highest BCUT2D eigenvalue weighted by molar-refractivity contribution is 5.92. The third-order valence-electron chi connectivity index (χ3n) is 2.54. The molecule has 0 atom stereocenters. The monoisotopic (exact) mass is 252 g/mol. The number of aromatic amines is 1. The molecule has 0 saturated heterocycles. The quantitative estimate of drug-likeness (QED) is 0.798. The topological polar surface area (TPSA) is 75.2 Å². The van der Waals surface area contributed by atoms with Crippen LogP contribution >= 0.6 is 0 Å². The predicted octanol–water partition coefficient (Wildman–Crippen LogP) is 1.98. The number of rotatable bonds is 5. The Morgan fingerprint density at radius 2 is 2.33 bits per heavy atom. The van der Waals surface area contributed by atoms with Crippen LogP contribution in [0.5, 0.6) is 0 Å². The summed E-state index contributed by atoms with van der Waals surface area (Å²) in [6, 6.07) is 2.38. The van der Waals surface area contributed by atoms with Gasteiger partial charge in [-0.05, 0) is 13.0 Å². The summed E-state index contributed by atoms with van der Waals surface area (Å²) in [5.74, 6) is -1.41. The summed E-state index contributed by atoms with van der Waals surface area (Å²) >= 11 is 0. The van der Waals surface area contributed by atoms with Gasteiger partial charge in [0.25, 0.3) is 0 Å². The molecule has 0 aliphatic carbocycles. The summed E-state index contributed by atoms with van der Waals surface area (Å²) in [5.41, 5.74) is 0.564. The van der Waals surface area contributed by atoms with E-state index in [0.29, 0.717) is 36.5 Å². The van der Waals surface area contributed by atoms with Crippen LogP contribution in [0.25, 0.3) is 11.0 Å². The molecule has 0 aliphatic rings. The average molecular weight is 252 g/mol. The number of imidazole rings is 1. The summed E-state index contributed by atoms with van der Waals surface area (Å²) < 4.78 is 18.6. The largest absolute Gasteiger partial charge is 0.478 e. The molecule has 0 bridgehead atoms. The summed E-state index contributed by atoms with van der Waals surface area (Å²) in [5, 5.41) is 8.81. The molecule has 6 heteroatoms. The van der Waals surface area contributed by atoms with Gasteiger partial charge in [0.15, 0.2) is 0 Å². The average Bonchev–Trinajstić information content (AvgIpc) is 2.69. The number of aromatic carboxylic acids is 1. The number of nitrogens with one attached hydrogen (secondary N) is 1. The maximum absolute atomic E-state index is 13.4. The summed E-state index contributed by atoms with van der Waals surface area (Å²) in [6.45, 7) is 3.04. The molecule has 0 fully saturated rings. The van der Waals surface area contributed by atoms with E-state index < -0.39 is 11.8 Å². The Hall–Kier alpha value is -1.95. The molecule has 0 amide bonds. The van der Waals surface area contributed by atoms with Crippen LogP contribution in [0.15, 0.2) is 12.1 Å². The maximum atomic E-state index is 13.4. The first kappa shape index (κ1) is 12.5. The van der Waals surface area contributed by atoms with Crippen LogP contribution in [-0.2, 0) is 11.2 Å². The number of halogens is 1. The third kappa shape index (κ3) is 2.48. The van der Waals surface area contributed by atoms with E-state index in [2.05, 4.69) is 9.97 Å². The van der Waals surface area contributed by atoms with Crippen molar-refractivity contribution in [1.82, 2.24) is 9.97 Å². The number of ether oxygens (including phenoxy) is 1. The Kier molecular flexibility index (Phi) is 3.57. The van der Waals surface area contributed by atoms with Crippen molar-refractivity contribution >= 4 is 17.0 Å². The minimum atomic E-state index is -1.30. The van der Waals surface area contributed by atoms with Crippen LogP contribution < -0.4 is 0 Å². The number of aromatic nitrogens is 2. The molecule has 0 saturated carbocycles. The second-order valence-electron chi connectivity index (χ2n) is 3.78. The van der Waals surface area contributed by atoms with E-state index in [1.54, 1.807) is 0 Å². The molecule has 0 unspecified atom stereocenters. The zero-order valence-corrected chi connectivity index (χ0v) is 9.86. The number of H-pyrrole nitrogens is 1. The fourth-order valence-electron chi connectivity index (χ4n) is 1.68. The lowest BCUT2D eigenvalue weighted by Gasteiger charge is -1.96. The van der Waals surface area contributed by atoms with Crippen molar-refractivity contribution in [3.63, 3.8) is 0 Å². The van der Waals surface area contributed by atoms with Crippen molar-refractivity contribution in [2.24, 2.45) is 0 Å². The Morgan fingerprint density at radius 3 is 3.00 bits per heavy atom. The van der Waals surface area contributed by atoms with Crippen LogP contribution in [0.2, 0.25) is 0 Å². The van der Waals surface area contributed by atoms with Crippen LogP contribution in [0.1, 0.15) is 23.1 Å². The number of hydrogen-bond acceptors (Lipinski definition) is 3. The van der Waals surface area contributed by atoms with Gasteiger partial charge >= 0.3 is 5.97 Å². The molecule has 0 aliphatic heterocycles. The summed E-state index contributed by atoms with van der Waals surface area (Å²) in [7, 11) is 0. The number of carboxylic acids is 1. The molecular formula is C12H13FN2O3. The summed E-state index contributed by atoms with van der Waals surface area (Å²) in [4.78, 5) is 17.9. The van der Waals surface area contributed by atoms with Gasteiger partial charge in [-0.2, -0.15) is 0 Å².